The van der Waals surface area contributed by atoms with Crippen LogP contribution in [0.5, 0.6) is 5.88 Å². The van der Waals surface area contributed by atoms with Crippen molar-refractivity contribution in [1.82, 2.24) is 29.3 Å². The van der Waals surface area contributed by atoms with E-state index in [0.29, 0.717) is 29.5 Å². The zero-order valence-electron chi connectivity index (χ0n) is 11.1. The number of ether oxygens (including phenoxy) is 1. The molecule has 0 aliphatic rings. The zero-order chi connectivity index (χ0) is 13.9. The van der Waals surface area contributed by atoms with E-state index in [4.69, 9.17) is 10.5 Å². The van der Waals surface area contributed by atoms with E-state index in [1.165, 1.54) is 6.33 Å². The lowest BCUT2D eigenvalue weighted by molar-refractivity contribution is 0.401. The summed E-state index contributed by atoms with van der Waals surface area (Å²) in [6.07, 6.45) is 6.02. The Morgan fingerprint density at radius 3 is 2.95 bits per heavy atom. The van der Waals surface area contributed by atoms with Crippen LogP contribution in [0.1, 0.15) is 6.42 Å². The minimum absolute atomic E-state index is 0.416. The first-order chi connectivity index (χ1) is 9.79. The summed E-state index contributed by atoms with van der Waals surface area (Å²) in [5.41, 5.74) is 7.22. The third-order valence-electron chi connectivity index (χ3n) is 3.05. The third kappa shape index (κ3) is 2.15. The molecule has 3 aromatic heterocycles. The van der Waals surface area contributed by atoms with Gasteiger partial charge in [-0.05, 0) is 12.5 Å². The molecule has 3 rings (SSSR count). The number of fused-ring (bicyclic) bond motifs is 1. The monoisotopic (exact) mass is 273 g/mol. The summed E-state index contributed by atoms with van der Waals surface area (Å²) in [4.78, 5) is 12.5. The first kappa shape index (κ1) is 12.4. The fraction of sp³-hybridized carbons (Fsp3) is 0.333. The average Bonchev–Trinajstić information content (AvgIpc) is 3.07. The lowest BCUT2D eigenvalue weighted by atomic mass is 10.4. The van der Waals surface area contributed by atoms with Crippen molar-refractivity contribution in [2.24, 2.45) is 0 Å². The van der Waals surface area contributed by atoms with Gasteiger partial charge >= 0.3 is 0 Å². The fourth-order valence-electron chi connectivity index (χ4n) is 2.13. The molecule has 3 aromatic rings. The highest BCUT2D eigenvalue weighted by atomic mass is 16.5. The summed E-state index contributed by atoms with van der Waals surface area (Å²) < 4.78 is 8.91. The van der Waals surface area contributed by atoms with Crippen LogP contribution in [0.25, 0.3) is 11.2 Å². The molecular weight excluding hydrogens is 258 g/mol. The van der Waals surface area contributed by atoms with Crippen LogP contribution in [0.2, 0.25) is 0 Å². The van der Waals surface area contributed by atoms with E-state index in [2.05, 4.69) is 20.1 Å². The minimum atomic E-state index is 0.416. The van der Waals surface area contributed by atoms with E-state index >= 15 is 0 Å². The third-order valence-corrected chi connectivity index (χ3v) is 3.05. The van der Waals surface area contributed by atoms with Crippen LogP contribution in [-0.2, 0) is 13.1 Å². The molecule has 0 fully saturated rings. The molecule has 8 nitrogen and oxygen atoms in total. The van der Waals surface area contributed by atoms with Gasteiger partial charge in [-0.2, -0.15) is 10.1 Å². The van der Waals surface area contributed by atoms with Crippen LogP contribution in [-0.4, -0.2) is 36.4 Å². The lowest BCUT2D eigenvalue weighted by Gasteiger charge is -2.06. The van der Waals surface area contributed by atoms with Gasteiger partial charge < -0.3 is 10.5 Å². The second-order valence-corrected chi connectivity index (χ2v) is 4.30. The Morgan fingerprint density at radius 1 is 1.30 bits per heavy atom. The molecular formula is C12H15N7O. The highest BCUT2D eigenvalue weighted by Gasteiger charge is 2.14. The normalized spacial score (nSPS) is 11.1. The maximum Gasteiger partial charge on any atom is 0.245 e. The van der Waals surface area contributed by atoms with Gasteiger partial charge in [0.05, 0.1) is 7.11 Å². The van der Waals surface area contributed by atoms with Crippen LogP contribution in [0.15, 0.2) is 24.8 Å². The summed E-state index contributed by atoms with van der Waals surface area (Å²) in [6, 6.07) is 1.90. The maximum atomic E-state index is 5.94. The summed E-state index contributed by atoms with van der Waals surface area (Å²) in [5, 5.41) is 4.16. The number of anilines is 1. The van der Waals surface area contributed by atoms with Gasteiger partial charge in [0.2, 0.25) is 11.8 Å². The van der Waals surface area contributed by atoms with Crippen molar-refractivity contribution < 1.29 is 4.74 Å². The maximum absolute atomic E-state index is 5.94. The predicted octanol–water partition coefficient (Wildman–Crippen LogP) is 0.704. The number of nitrogens with zero attached hydrogens (tertiary/aromatic N) is 6. The van der Waals surface area contributed by atoms with E-state index in [-0.39, 0.29) is 0 Å². The summed E-state index contributed by atoms with van der Waals surface area (Å²) in [6.45, 7) is 1.52. The van der Waals surface area contributed by atoms with Crippen LogP contribution < -0.4 is 10.5 Å². The molecule has 3 heterocycles. The Labute approximate surface area is 115 Å². The minimum Gasteiger partial charge on any atom is -0.479 e. The summed E-state index contributed by atoms with van der Waals surface area (Å²) >= 11 is 0. The molecule has 0 bridgehead atoms. The average molecular weight is 273 g/mol. The van der Waals surface area contributed by atoms with Crippen LogP contribution in [0.4, 0.5) is 5.95 Å². The smallest absolute Gasteiger partial charge is 0.245 e. The molecule has 0 radical (unpaired) electrons. The Hall–Kier alpha value is -2.64. The van der Waals surface area contributed by atoms with E-state index in [1.807, 2.05) is 21.5 Å². The van der Waals surface area contributed by atoms with Crippen LogP contribution >= 0.6 is 0 Å². The molecule has 0 saturated heterocycles. The van der Waals surface area contributed by atoms with E-state index in [9.17, 15) is 0 Å². The van der Waals surface area contributed by atoms with Gasteiger partial charge in [0.15, 0.2) is 11.2 Å². The molecule has 20 heavy (non-hydrogen) atoms. The first-order valence-electron chi connectivity index (χ1n) is 6.27. The van der Waals surface area contributed by atoms with Crippen molar-refractivity contribution in [2.45, 2.75) is 19.5 Å². The van der Waals surface area contributed by atoms with Gasteiger partial charge in [-0.1, -0.05) is 0 Å². The van der Waals surface area contributed by atoms with Gasteiger partial charge in [-0.15, -0.1) is 0 Å². The number of imidazole rings is 1. The molecule has 0 amide bonds. The number of rotatable bonds is 5. The van der Waals surface area contributed by atoms with Gasteiger partial charge in [0, 0.05) is 25.5 Å². The summed E-state index contributed by atoms with van der Waals surface area (Å²) in [7, 11) is 1.55. The van der Waals surface area contributed by atoms with Crippen molar-refractivity contribution in [3.63, 3.8) is 0 Å². The van der Waals surface area contributed by atoms with Crippen molar-refractivity contribution in [3.8, 4) is 5.88 Å². The van der Waals surface area contributed by atoms with Gasteiger partial charge in [0.25, 0.3) is 0 Å². The molecule has 2 N–H and O–H groups in total. The molecule has 0 saturated carbocycles. The van der Waals surface area contributed by atoms with Crippen molar-refractivity contribution in [1.29, 1.82) is 0 Å². The number of methoxy groups -OCH3 is 1. The van der Waals surface area contributed by atoms with Crippen LogP contribution in [0, 0.1) is 0 Å². The van der Waals surface area contributed by atoms with Gasteiger partial charge in [0.1, 0.15) is 6.33 Å². The van der Waals surface area contributed by atoms with E-state index < -0.39 is 0 Å². The first-order valence-corrected chi connectivity index (χ1v) is 6.27. The largest absolute Gasteiger partial charge is 0.479 e. The second kappa shape index (κ2) is 5.16. The molecule has 0 aliphatic heterocycles. The number of hydrogen-bond acceptors (Lipinski definition) is 6. The standard InChI is InChI=1S/C12H15N7O/c1-20-11-9-10(14-8-15-11)19(12(13)17-9)7-3-6-18-5-2-4-16-18/h2,4-5,8H,3,6-7H2,1H3,(H2,13,17). The predicted molar refractivity (Wildman–Crippen MR) is 73.1 cm³/mol. The molecule has 104 valence electrons. The van der Waals surface area contributed by atoms with Crippen LogP contribution in [0.3, 0.4) is 0 Å². The van der Waals surface area contributed by atoms with E-state index in [0.717, 1.165) is 13.0 Å². The SMILES string of the molecule is COc1ncnc2c1nc(N)n2CCCn1cccn1. The van der Waals surface area contributed by atoms with Crippen molar-refractivity contribution >= 4 is 17.1 Å². The molecule has 0 atom stereocenters. The number of hydrogen-bond donors (Lipinski definition) is 1. The topological polar surface area (TPSA) is 96.7 Å². The number of nitrogen functional groups attached to an aromatic ring is 1. The highest BCUT2D eigenvalue weighted by molar-refractivity contribution is 5.78. The Bertz CT molecular complexity index is 704. The zero-order valence-corrected chi connectivity index (χ0v) is 11.1. The number of aryl methyl sites for hydroxylation is 2. The molecule has 0 aliphatic carbocycles. The quantitative estimate of drug-likeness (QED) is 0.735. The Morgan fingerprint density at radius 2 is 2.20 bits per heavy atom. The van der Waals surface area contributed by atoms with E-state index in [1.54, 1.807) is 13.3 Å². The lowest BCUT2D eigenvalue weighted by Crippen LogP contribution is -2.07. The molecule has 0 spiro atoms. The van der Waals surface area contributed by atoms with Gasteiger partial charge in [-0.3, -0.25) is 9.25 Å². The molecule has 0 aromatic carbocycles. The second-order valence-electron chi connectivity index (χ2n) is 4.30. The number of aromatic nitrogens is 6. The molecule has 8 heteroatoms. The van der Waals surface area contributed by atoms with Crippen molar-refractivity contribution in [2.75, 3.05) is 12.8 Å². The fourth-order valence-corrected chi connectivity index (χ4v) is 2.13. The van der Waals surface area contributed by atoms with Crippen molar-refractivity contribution in [3.05, 3.63) is 24.8 Å². The molecule has 0 unspecified atom stereocenters. The number of nitrogens with two attached hydrogens (primary N) is 1. The van der Waals surface area contributed by atoms with Gasteiger partial charge in [-0.25, -0.2) is 9.97 Å². The summed E-state index contributed by atoms with van der Waals surface area (Å²) in [5.74, 6) is 0.854. The highest BCUT2D eigenvalue weighted by Crippen LogP contribution is 2.22. The Kier molecular flexibility index (Phi) is 3.20. The Balaban J connectivity index is 1.82.